The van der Waals surface area contributed by atoms with Crippen molar-refractivity contribution in [2.45, 2.75) is 19.9 Å². The molecule has 0 saturated carbocycles. The summed E-state index contributed by atoms with van der Waals surface area (Å²) in [7, 11) is 3.19. The first-order valence-corrected chi connectivity index (χ1v) is 8.42. The lowest BCUT2D eigenvalue weighted by atomic mass is 10.1. The van der Waals surface area contributed by atoms with Crippen molar-refractivity contribution in [1.82, 2.24) is 20.4 Å². The summed E-state index contributed by atoms with van der Waals surface area (Å²) in [6.07, 6.45) is 0.576. The number of carbonyl (C=O) groups is 1. The van der Waals surface area contributed by atoms with Crippen molar-refractivity contribution in [3.63, 3.8) is 0 Å². The number of ether oxygens (including phenoxy) is 2. The van der Waals surface area contributed by atoms with Crippen LogP contribution in [0.3, 0.4) is 0 Å². The zero-order valence-corrected chi connectivity index (χ0v) is 15.5. The molecule has 3 aromatic rings. The Labute approximate surface area is 156 Å². The van der Waals surface area contributed by atoms with Gasteiger partial charge in [0.15, 0.2) is 11.5 Å². The minimum absolute atomic E-state index is 0.0493. The third kappa shape index (κ3) is 4.41. The minimum Gasteiger partial charge on any atom is -0.493 e. The number of nitrogens with one attached hydrogen (secondary N) is 1. The lowest BCUT2D eigenvalue weighted by Gasteiger charge is -2.09. The third-order valence-electron chi connectivity index (χ3n) is 3.99. The van der Waals surface area contributed by atoms with Crippen LogP contribution < -0.4 is 14.9 Å². The Kier molecular flexibility index (Phi) is 5.65. The molecule has 0 spiro atoms. The van der Waals surface area contributed by atoms with E-state index in [0.29, 0.717) is 17.9 Å². The molecular formula is C19H21N5O3. The average Bonchev–Trinajstić information content (AvgIpc) is 3.09. The molecule has 0 aliphatic rings. The largest absolute Gasteiger partial charge is 0.493 e. The van der Waals surface area contributed by atoms with Crippen molar-refractivity contribution >= 4 is 22.7 Å². The molecule has 0 fully saturated rings. The van der Waals surface area contributed by atoms with E-state index >= 15 is 0 Å². The predicted octanol–water partition coefficient (Wildman–Crippen LogP) is 2.18. The number of hydrogen-bond acceptors (Lipinski definition) is 6. The molecule has 27 heavy (non-hydrogen) atoms. The molecule has 0 bridgehead atoms. The summed E-state index contributed by atoms with van der Waals surface area (Å²) in [5.41, 5.74) is 5.88. The molecular weight excluding hydrogens is 346 g/mol. The van der Waals surface area contributed by atoms with Crippen LogP contribution in [0.25, 0.3) is 11.0 Å². The molecule has 1 amide bonds. The van der Waals surface area contributed by atoms with E-state index in [-0.39, 0.29) is 12.5 Å². The molecule has 1 heterocycles. The number of nitrogens with zero attached hydrogens (tertiary/aromatic N) is 4. The molecule has 8 nitrogen and oxygen atoms in total. The van der Waals surface area contributed by atoms with E-state index < -0.39 is 0 Å². The number of methoxy groups -OCH3 is 2. The van der Waals surface area contributed by atoms with Crippen LogP contribution in [0, 0.1) is 0 Å². The van der Waals surface area contributed by atoms with Crippen LogP contribution in [0.5, 0.6) is 11.5 Å². The van der Waals surface area contributed by atoms with Crippen molar-refractivity contribution in [3.8, 4) is 11.5 Å². The van der Waals surface area contributed by atoms with Crippen LogP contribution in [0.15, 0.2) is 47.6 Å². The summed E-state index contributed by atoms with van der Waals surface area (Å²) in [6.45, 7) is 1.90. The van der Waals surface area contributed by atoms with Crippen molar-refractivity contribution < 1.29 is 14.3 Å². The number of para-hydroxylation sites is 1. The van der Waals surface area contributed by atoms with E-state index in [9.17, 15) is 4.79 Å². The van der Waals surface area contributed by atoms with Crippen LogP contribution in [0.4, 0.5) is 0 Å². The number of benzene rings is 2. The van der Waals surface area contributed by atoms with Gasteiger partial charge in [-0.1, -0.05) is 23.4 Å². The Bertz CT molecular complexity index is 980. The number of hydrogen-bond donors (Lipinski definition) is 1. The molecule has 8 heteroatoms. The molecule has 0 saturated heterocycles. The Balaban J connectivity index is 1.61. The van der Waals surface area contributed by atoms with Crippen molar-refractivity contribution in [1.29, 1.82) is 0 Å². The van der Waals surface area contributed by atoms with Gasteiger partial charge in [-0.25, -0.2) is 10.1 Å². The normalized spacial score (nSPS) is 11.4. The topological polar surface area (TPSA) is 90.6 Å². The molecule has 0 aliphatic carbocycles. The first kappa shape index (κ1) is 18.4. The second-order valence-corrected chi connectivity index (χ2v) is 5.98. The zero-order chi connectivity index (χ0) is 19.2. The van der Waals surface area contributed by atoms with Crippen LogP contribution in [-0.2, 0) is 17.8 Å². The van der Waals surface area contributed by atoms with E-state index in [1.165, 1.54) is 0 Å². The molecule has 1 N–H and O–H groups in total. The fraction of sp³-hybridized carbons (Fsp3) is 0.263. The maximum Gasteiger partial charge on any atom is 0.261 e. The SMILES string of the molecule is COc1ccc(C/C(C)=N\NC(=O)Cn2nnc3ccccc32)cc1OC. The van der Waals surface area contributed by atoms with Crippen molar-refractivity contribution in [2.75, 3.05) is 14.2 Å². The second kappa shape index (κ2) is 8.31. The van der Waals surface area contributed by atoms with E-state index in [2.05, 4.69) is 20.8 Å². The Morgan fingerprint density at radius 3 is 2.70 bits per heavy atom. The van der Waals surface area contributed by atoms with Crippen LogP contribution in [0.2, 0.25) is 0 Å². The fourth-order valence-corrected chi connectivity index (χ4v) is 2.69. The van der Waals surface area contributed by atoms with E-state index in [1.54, 1.807) is 18.9 Å². The third-order valence-corrected chi connectivity index (χ3v) is 3.99. The van der Waals surface area contributed by atoms with E-state index in [4.69, 9.17) is 9.47 Å². The zero-order valence-electron chi connectivity index (χ0n) is 15.5. The maximum atomic E-state index is 12.2. The molecule has 0 radical (unpaired) electrons. The average molecular weight is 367 g/mol. The van der Waals surface area contributed by atoms with Crippen LogP contribution in [-0.4, -0.2) is 40.8 Å². The minimum atomic E-state index is -0.266. The molecule has 0 aliphatic heterocycles. The van der Waals surface area contributed by atoms with Gasteiger partial charge in [-0.3, -0.25) is 4.79 Å². The highest BCUT2D eigenvalue weighted by Gasteiger charge is 2.09. The first-order chi connectivity index (χ1) is 13.1. The van der Waals surface area contributed by atoms with Gasteiger partial charge in [-0.05, 0) is 36.8 Å². The fourth-order valence-electron chi connectivity index (χ4n) is 2.69. The van der Waals surface area contributed by atoms with Gasteiger partial charge in [-0.2, -0.15) is 5.10 Å². The number of carbonyl (C=O) groups excluding carboxylic acids is 1. The summed E-state index contributed by atoms with van der Waals surface area (Å²) in [5.74, 6) is 1.06. The Morgan fingerprint density at radius 1 is 1.15 bits per heavy atom. The lowest BCUT2D eigenvalue weighted by Crippen LogP contribution is -2.25. The highest BCUT2D eigenvalue weighted by atomic mass is 16.5. The molecule has 2 aromatic carbocycles. The molecule has 1 aromatic heterocycles. The Morgan fingerprint density at radius 2 is 1.93 bits per heavy atom. The maximum absolute atomic E-state index is 12.2. The van der Waals surface area contributed by atoms with Crippen molar-refractivity contribution in [3.05, 3.63) is 48.0 Å². The highest BCUT2D eigenvalue weighted by Crippen LogP contribution is 2.27. The number of hydrazone groups is 1. The van der Waals surface area contributed by atoms with Crippen LogP contribution in [0.1, 0.15) is 12.5 Å². The summed E-state index contributed by atoms with van der Waals surface area (Å²) in [5, 5.41) is 12.2. The van der Waals surface area contributed by atoms with Gasteiger partial charge in [0.05, 0.1) is 19.7 Å². The van der Waals surface area contributed by atoms with Gasteiger partial charge >= 0.3 is 0 Å². The highest BCUT2D eigenvalue weighted by molar-refractivity contribution is 5.86. The number of amides is 1. The van der Waals surface area contributed by atoms with Gasteiger partial charge in [0.2, 0.25) is 0 Å². The van der Waals surface area contributed by atoms with Gasteiger partial charge in [0.25, 0.3) is 5.91 Å². The van der Waals surface area contributed by atoms with Crippen LogP contribution >= 0.6 is 0 Å². The molecule has 140 valence electrons. The predicted molar refractivity (Wildman–Crippen MR) is 102 cm³/mol. The van der Waals surface area contributed by atoms with E-state index in [1.807, 2.05) is 49.4 Å². The number of aromatic nitrogens is 3. The van der Waals surface area contributed by atoms with E-state index in [0.717, 1.165) is 22.3 Å². The van der Waals surface area contributed by atoms with Gasteiger partial charge in [0, 0.05) is 12.1 Å². The standard InChI is InChI=1S/C19H21N5O3/c1-13(10-14-8-9-17(26-2)18(11-14)27-3)20-22-19(25)12-24-16-7-5-4-6-15(16)21-23-24/h4-9,11H,10,12H2,1-3H3,(H,22,25)/b20-13-. The number of fused-ring (bicyclic) bond motifs is 1. The second-order valence-electron chi connectivity index (χ2n) is 5.98. The first-order valence-electron chi connectivity index (χ1n) is 8.42. The lowest BCUT2D eigenvalue weighted by molar-refractivity contribution is -0.121. The summed E-state index contributed by atoms with van der Waals surface area (Å²) in [6, 6.07) is 13.1. The van der Waals surface area contributed by atoms with Gasteiger partial charge in [-0.15, -0.1) is 5.10 Å². The molecule has 0 unspecified atom stereocenters. The monoisotopic (exact) mass is 367 g/mol. The summed E-state index contributed by atoms with van der Waals surface area (Å²) < 4.78 is 12.1. The molecule has 0 atom stereocenters. The number of rotatable bonds is 7. The quantitative estimate of drug-likeness (QED) is 0.511. The summed E-state index contributed by atoms with van der Waals surface area (Å²) in [4.78, 5) is 12.2. The smallest absolute Gasteiger partial charge is 0.261 e. The summed E-state index contributed by atoms with van der Waals surface area (Å²) >= 11 is 0. The van der Waals surface area contributed by atoms with Crippen molar-refractivity contribution in [2.24, 2.45) is 5.10 Å². The van der Waals surface area contributed by atoms with Gasteiger partial charge in [0.1, 0.15) is 12.1 Å². The van der Waals surface area contributed by atoms with Gasteiger partial charge < -0.3 is 9.47 Å². The molecule has 3 rings (SSSR count). The Hall–Kier alpha value is -3.42.